The van der Waals surface area contributed by atoms with E-state index in [4.69, 9.17) is 10.2 Å². The Bertz CT molecular complexity index is 222. The van der Waals surface area contributed by atoms with E-state index in [2.05, 4.69) is 23.7 Å². The van der Waals surface area contributed by atoms with Gasteiger partial charge in [0.05, 0.1) is 6.42 Å². The molecule has 0 heterocycles. The predicted octanol–water partition coefficient (Wildman–Crippen LogP) is 1.27. The first-order valence-electron chi connectivity index (χ1n) is 4.55. The first-order chi connectivity index (χ1) is 6.27. The lowest BCUT2D eigenvalue weighted by molar-refractivity contribution is -0.0459. The monoisotopic (exact) mass is 180 g/mol. The van der Waals surface area contributed by atoms with Crippen molar-refractivity contribution in [3.63, 3.8) is 0 Å². The van der Waals surface area contributed by atoms with Crippen molar-refractivity contribution < 1.29 is 10.2 Å². The van der Waals surface area contributed by atoms with E-state index in [1.807, 2.05) is 6.92 Å². The van der Waals surface area contributed by atoms with Crippen LogP contribution in [0.25, 0.3) is 0 Å². The highest BCUT2D eigenvalue weighted by Gasteiger charge is 1.93. The van der Waals surface area contributed by atoms with Crippen LogP contribution >= 0.6 is 0 Å². The molecule has 0 fully saturated rings. The van der Waals surface area contributed by atoms with Gasteiger partial charge < -0.3 is 10.2 Å². The number of aliphatic hydroxyl groups is 2. The Balaban J connectivity index is 3.30. The minimum absolute atomic E-state index is 0.398. The first-order valence-corrected chi connectivity index (χ1v) is 4.55. The molecule has 0 amide bonds. The number of hydrogen-bond donors (Lipinski definition) is 2. The molecule has 2 nitrogen and oxygen atoms in total. The lowest BCUT2D eigenvalue weighted by Crippen LogP contribution is -2.02. The van der Waals surface area contributed by atoms with Crippen LogP contribution in [0.15, 0.2) is 0 Å². The van der Waals surface area contributed by atoms with Crippen molar-refractivity contribution in [1.82, 2.24) is 0 Å². The number of aliphatic hydroxyl groups excluding tert-OH is 1. The van der Waals surface area contributed by atoms with Crippen molar-refractivity contribution in [2.24, 2.45) is 0 Å². The van der Waals surface area contributed by atoms with Gasteiger partial charge in [0, 0.05) is 12.8 Å². The highest BCUT2D eigenvalue weighted by molar-refractivity contribution is 5.11. The van der Waals surface area contributed by atoms with E-state index in [0.29, 0.717) is 19.3 Å². The third kappa shape index (κ3) is 11.0. The van der Waals surface area contributed by atoms with Crippen LogP contribution in [0.4, 0.5) is 0 Å². The van der Waals surface area contributed by atoms with Gasteiger partial charge in [0.25, 0.3) is 0 Å². The standard InChI is InChI=1S/C11H16O2/c1-2-3-4-5-6-7-8-9-10-11(12)13/h11-13H,2,5,8-10H2,1H3. The Hall–Kier alpha value is -0.960. The van der Waals surface area contributed by atoms with E-state index in [1.54, 1.807) is 0 Å². The quantitative estimate of drug-likeness (QED) is 0.390. The number of unbranched alkanes of at least 4 members (excludes halogenated alkanes) is 1. The Morgan fingerprint density at radius 2 is 1.77 bits per heavy atom. The molecule has 0 aliphatic carbocycles. The summed E-state index contributed by atoms with van der Waals surface area (Å²) in [4.78, 5) is 0. The van der Waals surface area contributed by atoms with Gasteiger partial charge in [-0.25, -0.2) is 0 Å². The lowest BCUT2D eigenvalue weighted by atomic mass is 10.2. The van der Waals surface area contributed by atoms with E-state index < -0.39 is 6.29 Å². The van der Waals surface area contributed by atoms with Gasteiger partial charge >= 0.3 is 0 Å². The molecule has 0 saturated carbocycles. The zero-order chi connectivity index (χ0) is 9.94. The summed E-state index contributed by atoms with van der Waals surface area (Å²) >= 11 is 0. The Labute approximate surface area is 80.0 Å². The summed E-state index contributed by atoms with van der Waals surface area (Å²) in [5, 5.41) is 17.0. The van der Waals surface area contributed by atoms with E-state index >= 15 is 0 Å². The summed E-state index contributed by atoms with van der Waals surface area (Å²) in [7, 11) is 0. The van der Waals surface area contributed by atoms with Gasteiger partial charge in [-0.1, -0.05) is 18.8 Å². The van der Waals surface area contributed by atoms with Crippen molar-refractivity contribution in [3.05, 3.63) is 0 Å². The van der Waals surface area contributed by atoms with E-state index in [9.17, 15) is 0 Å². The minimum Gasteiger partial charge on any atom is -0.368 e. The van der Waals surface area contributed by atoms with E-state index in [1.165, 1.54) is 0 Å². The average Bonchev–Trinajstić information content (AvgIpc) is 2.09. The molecular formula is C11H16O2. The highest BCUT2D eigenvalue weighted by atomic mass is 16.5. The van der Waals surface area contributed by atoms with Gasteiger partial charge in [-0.15, -0.1) is 11.8 Å². The van der Waals surface area contributed by atoms with Gasteiger partial charge in [0.1, 0.15) is 0 Å². The summed E-state index contributed by atoms with van der Waals surface area (Å²) in [6, 6.07) is 0. The van der Waals surface area contributed by atoms with Crippen LogP contribution in [0.1, 0.15) is 39.0 Å². The van der Waals surface area contributed by atoms with E-state index in [-0.39, 0.29) is 0 Å². The molecule has 0 aromatic rings. The molecule has 0 aliphatic rings. The van der Waals surface area contributed by atoms with Crippen molar-refractivity contribution >= 4 is 0 Å². The van der Waals surface area contributed by atoms with Crippen molar-refractivity contribution in [2.45, 2.75) is 45.3 Å². The van der Waals surface area contributed by atoms with Crippen LogP contribution < -0.4 is 0 Å². The number of rotatable bonds is 3. The molecule has 0 bridgehead atoms. The van der Waals surface area contributed by atoms with Crippen molar-refractivity contribution in [1.29, 1.82) is 0 Å². The summed E-state index contributed by atoms with van der Waals surface area (Å²) < 4.78 is 0. The van der Waals surface area contributed by atoms with Crippen LogP contribution in [0.5, 0.6) is 0 Å². The molecule has 13 heavy (non-hydrogen) atoms. The molecule has 0 aromatic heterocycles. The third-order valence-electron chi connectivity index (χ3n) is 1.37. The summed E-state index contributed by atoms with van der Waals surface area (Å²) in [6.45, 7) is 2.00. The molecule has 72 valence electrons. The fraction of sp³-hybridized carbons (Fsp3) is 0.636. The second-order valence-electron chi connectivity index (χ2n) is 2.61. The van der Waals surface area contributed by atoms with E-state index in [0.717, 1.165) is 12.8 Å². The molecule has 0 aromatic carbocycles. The first kappa shape index (κ1) is 12.0. The molecule has 0 spiro atoms. The number of hydrogen-bond acceptors (Lipinski definition) is 2. The fourth-order valence-corrected chi connectivity index (χ4v) is 0.756. The zero-order valence-corrected chi connectivity index (χ0v) is 8.01. The molecule has 0 unspecified atom stereocenters. The molecule has 0 rings (SSSR count). The smallest absolute Gasteiger partial charge is 0.151 e. The normalized spacial score (nSPS) is 8.62. The highest BCUT2D eigenvalue weighted by Crippen LogP contribution is 1.96. The van der Waals surface area contributed by atoms with Gasteiger partial charge in [-0.3, -0.25) is 0 Å². The summed E-state index contributed by atoms with van der Waals surface area (Å²) in [5.41, 5.74) is 0. The molecule has 0 saturated heterocycles. The lowest BCUT2D eigenvalue weighted by Gasteiger charge is -1.97. The predicted molar refractivity (Wildman–Crippen MR) is 52.5 cm³/mol. The van der Waals surface area contributed by atoms with Gasteiger partial charge in [-0.05, 0) is 12.8 Å². The van der Waals surface area contributed by atoms with Crippen molar-refractivity contribution in [2.75, 3.05) is 0 Å². The molecule has 0 aliphatic heterocycles. The Morgan fingerprint density at radius 1 is 1.08 bits per heavy atom. The maximum absolute atomic E-state index is 8.51. The van der Waals surface area contributed by atoms with Gasteiger partial charge in [-0.2, -0.15) is 0 Å². The summed E-state index contributed by atoms with van der Waals surface area (Å²) in [5.74, 6) is 11.7. The maximum Gasteiger partial charge on any atom is 0.151 e. The molecular weight excluding hydrogens is 164 g/mol. The van der Waals surface area contributed by atoms with Crippen LogP contribution in [-0.2, 0) is 0 Å². The molecule has 0 radical (unpaired) electrons. The second kappa shape index (κ2) is 9.13. The van der Waals surface area contributed by atoms with Crippen LogP contribution in [-0.4, -0.2) is 16.5 Å². The summed E-state index contributed by atoms with van der Waals surface area (Å²) in [6.07, 6.45) is 2.14. The van der Waals surface area contributed by atoms with Crippen LogP contribution in [0.3, 0.4) is 0 Å². The molecule has 2 heteroatoms. The van der Waals surface area contributed by atoms with Crippen LogP contribution in [0, 0.1) is 23.7 Å². The molecule has 2 N–H and O–H groups in total. The second-order valence-corrected chi connectivity index (χ2v) is 2.61. The third-order valence-corrected chi connectivity index (χ3v) is 1.37. The Kier molecular flexibility index (Phi) is 8.46. The van der Waals surface area contributed by atoms with Crippen LogP contribution in [0.2, 0.25) is 0 Å². The average molecular weight is 180 g/mol. The maximum atomic E-state index is 8.51. The van der Waals surface area contributed by atoms with Gasteiger partial charge in [0.2, 0.25) is 0 Å². The zero-order valence-electron chi connectivity index (χ0n) is 8.01. The minimum atomic E-state index is -1.19. The fourth-order valence-electron chi connectivity index (χ4n) is 0.756. The van der Waals surface area contributed by atoms with Crippen molar-refractivity contribution in [3.8, 4) is 23.7 Å². The molecule has 0 atom stereocenters. The topological polar surface area (TPSA) is 40.5 Å². The SMILES string of the molecule is CCC#CCC#CCCCC(O)O. The largest absolute Gasteiger partial charge is 0.368 e. The van der Waals surface area contributed by atoms with Gasteiger partial charge in [0.15, 0.2) is 6.29 Å². The Morgan fingerprint density at radius 3 is 2.38 bits per heavy atom.